The number of carbonyl (C=O) groups is 1. The second-order valence-electron chi connectivity index (χ2n) is 10.2. The molecule has 0 saturated carbocycles. The van der Waals surface area contributed by atoms with Crippen molar-refractivity contribution in [1.29, 1.82) is 0 Å². The van der Waals surface area contributed by atoms with Gasteiger partial charge >= 0.3 is 0 Å². The lowest BCUT2D eigenvalue weighted by molar-refractivity contribution is -0.0781. The number of anilines is 2. The highest BCUT2D eigenvalue weighted by molar-refractivity contribution is 7.92. The van der Waals surface area contributed by atoms with Crippen molar-refractivity contribution in [1.82, 2.24) is 14.8 Å². The van der Waals surface area contributed by atoms with Crippen LogP contribution in [-0.2, 0) is 19.5 Å². The fourth-order valence-electron chi connectivity index (χ4n) is 4.89. The van der Waals surface area contributed by atoms with E-state index in [0.29, 0.717) is 34.5 Å². The number of H-pyrrole nitrogens is 1. The van der Waals surface area contributed by atoms with Crippen LogP contribution < -0.4 is 15.2 Å². The lowest BCUT2D eigenvalue weighted by Crippen LogP contribution is -2.36. The molecule has 0 bridgehead atoms. The third kappa shape index (κ3) is 6.00. The van der Waals surface area contributed by atoms with Gasteiger partial charge < -0.3 is 24.9 Å². The lowest BCUT2D eigenvalue weighted by Gasteiger charge is -2.23. The Labute approximate surface area is 250 Å². The molecule has 2 aromatic heterocycles. The van der Waals surface area contributed by atoms with Crippen LogP contribution in [0.2, 0.25) is 0 Å². The number of halogens is 2. The first kappa shape index (κ1) is 29.3. The molecule has 1 fully saturated rings. The first-order valence-corrected chi connectivity index (χ1v) is 15.2. The van der Waals surface area contributed by atoms with Crippen molar-refractivity contribution in [3.05, 3.63) is 95.3 Å². The van der Waals surface area contributed by atoms with Crippen LogP contribution in [0, 0.1) is 18.6 Å². The van der Waals surface area contributed by atoms with Crippen LogP contribution in [0.15, 0.2) is 66.9 Å². The molecule has 6 rings (SSSR count). The topological polar surface area (TPSA) is 151 Å². The van der Waals surface area contributed by atoms with Crippen molar-refractivity contribution < 1.29 is 36.2 Å². The van der Waals surface area contributed by atoms with Crippen molar-refractivity contribution >= 4 is 38.2 Å². The van der Waals surface area contributed by atoms with Gasteiger partial charge in [-0.2, -0.15) is 5.10 Å². The van der Waals surface area contributed by atoms with E-state index in [-0.39, 0.29) is 41.7 Å². The Balaban J connectivity index is 1.21. The van der Waals surface area contributed by atoms with Crippen molar-refractivity contribution in [2.75, 3.05) is 36.0 Å². The molecule has 4 N–H and O–H groups in total. The smallest absolute Gasteiger partial charge is 0.235 e. The van der Waals surface area contributed by atoms with Gasteiger partial charge in [0.2, 0.25) is 15.8 Å². The number of sulfonamides is 1. The summed E-state index contributed by atoms with van der Waals surface area (Å²) in [5, 5.41) is 4.64. The van der Waals surface area contributed by atoms with Crippen LogP contribution in [0.25, 0.3) is 16.6 Å². The molecule has 1 atom stereocenters. The van der Waals surface area contributed by atoms with Gasteiger partial charge in [0.05, 0.1) is 60.5 Å². The minimum absolute atomic E-state index is 0.0630. The van der Waals surface area contributed by atoms with Crippen molar-refractivity contribution in [2.24, 2.45) is 0 Å². The largest absolute Gasteiger partial charge is 0.454 e. The van der Waals surface area contributed by atoms with E-state index in [0.717, 1.165) is 6.07 Å². The molecular formula is C30H27F2N5O6S. The van der Waals surface area contributed by atoms with E-state index in [1.807, 2.05) is 0 Å². The number of aryl methyl sites for hydroxylation is 1. The molecule has 0 aliphatic carbocycles. The van der Waals surface area contributed by atoms with Crippen molar-refractivity contribution in [3.63, 3.8) is 0 Å². The summed E-state index contributed by atoms with van der Waals surface area (Å²) in [6.07, 6.45) is 0.659. The van der Waals surface area contributed by atoms with Crippen molar-refractivity contribution in [2.45, 2.75) is 13.0 Å². The van der Waals surface area contributed by atoms with E-state index in [1.165, 1.54) is 35.1 Å². The Kier molecular flexibility index (Phi) is 7.80. The van der Waals surface area contributed by atoms with E-state index >= 15 is 0 Å². The van der Waals surface area contributed by atoms with E-state index < -0.39 is 39.3 Å². The number of nitrogen functional groups attached to an aromatic ring is 1. The number of hydrogen-bond acceptors (Lipinski definition) is 8. The number of rotatable bonds is 9. The van der Waals surface area contributed by atoms with Crippen LogP contribution in [0.5, 0.6) is 11.5 Å². The van der Waals surface area contributed by atoms with Gasteiger partial charge in [0.25, 0.3) is 0 Å². The first-order chi connectivity index (χ1) is 21.1. The predicted molar refractivity (Wildman–Crippen MR) is 159 cm³/mol. The molecule has 5 aromatic rings. The van der Waals surface area contributed by atoms with Gasteiger partial charge in [0.15, 0.2) is 11.6 Å². The Morgan fingerprint density at radius 3 is 2.70 bits per heavy atom. The maximum atomic E-state index is 14.9. The third-order valence-corrected chi connectivity index (χ3v) is 8.36. The van der Waals surface area contributed by atoms with E-state index in [2.05, 4.69) is 14.8 Å². The van der Waals surface area contributed by atoms with Crippen molar-refractivity contribution in [3.8, 4) is 17.2 Å². The number of carbonyl (C=O) groups excluding carboxylic acids is 1. The summed E-state index contributed by atoms with van der Waals surface area (Å²) in [4.78, 5) is 16.3. The Morgan fingerprint density at radius 1 is 1.14 bits per heavy atom. The number of ether oxygens (including phenoxy) is 3. The fraction of sp³-hybridized carbons (Fsp3) is 0.200. The molecule has 1 aliphatic rings. The van der Waals surface area contributed by atoms with Gasteiger partial charge in [0.1, 0.15) is 17.4 Å². The zero-order valence-corrected chi connectivity index (χ0v) is 24.2. The Morgan fingerprint density at radius 2 is 1.95 bits per heavy atom. The zero-order chi connectivity index (χ0) is 31.0. The number of aromatic amines is 1. The average Bonchev–Trinajstić information content (AvgIpc) is 3.57. The molecule has 0 spiro atoms. The summed E-state index contributed by atoms with van der Waals surface area (Å²) in [5.41, 5.74) is 7.86. The van der Waals surface area contributed by atoms with Crippen LogP contribution in [0.3, 0.4) is 0 Å². The molecule has 228 valence electrons. The van der Waals surface area contributed by atoms with Gasteiger partial charge in [-0.25, -0.2) is 21.9 Å². The van der Waals surface area contributed by atoms with Gasteiger partial charge in [0, 0.05) is 10.9 Å². The molecule has 3 heterocycles. The third-order valence-electron chi connectivity index (χ3n) is 7.02. The first-order valence-electron chi connectivity index (χ1n) is 13.5. The molecule has 14 heteroatoms. The summed E-state index contributed by atoms with van der Waals surface area (Å²) in [5.74, 6) is -1.66. The highest BCUT2D eigenvalue weighted by atomic mass is 32.2. The minimum atomic E-state index is -3.96. The van der Waals surface area contributed by atoms with Crippen LogP contribution in [0.4, 0.5) is 20.3 Å². The maximum absolute atomic E-state index is 14.9. The Hall–Kier alpha value is -4.79. The van der Waals surface area contributed by atoms with E-state index in [4.69, 9.17) is 19.9 Å². The zero-order valence-electron chi connectivity index (χ0n) is 23.3. The number of aromatic nitrogens is 3. The summed E-state index contributed by atoms with van der Waals surface area (Å²) >= 11 is 0. The second kappa shape index (κ2) is 11.7. The van der Waals surface area contributed by atoms with Crippen LogP contribution >= 0.6 is 0 Å². The van der Waals surface area contributed by atoms with Gasteiger partial charge in [-0.05, 0) is 61.0 Å². The number of ketones is 1. The molecule has 1 aliphatic heterocycles. The number of hydrogen-bond donors (Lipinski definition) is 3. The SMILES string of the molecule is Cc1cc(Oc2ccccc2F)ccc1-n1ncc(C(=O)c2cc3cc(F)c(NS(=O)(=O)CC4COCCO4)cc3[nH]2)c1N. The van der Waals surface area contributed by atoms with Crippen LogP contribution in [-0.4, -0.2) is 60.6 Å². The van der Waals surface area contributed by atoms with Crippen LogP contribution in [0.1, 0.15) is 21.6 Å². The van der Waals surface area contributed by atoms with Gasteiger partial charge in [-0.15, -0.1) is 0 Å². The fourth-order valence-corrected chi connectivity index (χ4v) is 6.15. The normalized spacial score (nSPS) is 15.4. The second-order valence-corrected chi connectivity index (χ2v) is 12.0. The van der Waals surface area contributed by atoms with Gasteiger partial charge in [-0.1, -0.05) is 12.1 Å². The number of nitrogens with two attached hydrogens (primary N) is 1. The standard InChI is InChI=1S/C30H27F2N5O6S/c1-17-10-19(43-28-5-3-2-4-22(28)31)6-7-27(17)37-30(33)21(14-34-37)29(38)26-12-18-11-23(32)25(13-24(18)35-26)36-44(39,40)16-20-15-41-8-9-42-20/h2-7,10-14,20,35-36H,8-9,15-16,33H2,1H3. The molecule has 0 radical (unpaired) electrons. The quantitative estimate of drug-likeness (QED) is 0.200. The summed E-state index contributed by atoms with van der Waals surface area (Å²) in [6, 6.07) is 14.9. The van der Waals surface area contributed by atoms with Gasteiger partial charge in [-0.3, -0.25) is 9.52 Å². The predicted octanol–water partition coefficient (Wildman–Crippen LogP) is 4.70. The molecule has 11 nitrogen and oxygen atoms in total. The maximum Gasteiger partial charge on any atom is 0.235 e. The van der Waals surface area contributed by atoms with E-state index in [9.17, 15) is 22.0 Å². The number of nitrogens with zero attached hydrogens (tertiary/aromatic N) is 2. The number of benzene rings is 3. The molecule has 0 amide bonds. The molecule has 44 heavy (non-hydrogen) atoms. The average molecular weight is 624 g/mol. The highest BCUT2D eigenvalue weighted by Gasteiger charge is 2.25. The summed E-state index contributed by atoms with van der Waals surface area (Å²) < 4.78 is 74.0. The molecular weight excluding hydrogens is 596 g/mol. The summed E-state index contributed by atoms with van der Waals surface area (Å²) in [7, 11) is -3.96. The molecule has 3 aromatic carbocycles. The van der Waals surface area contributed by atoms with E-state index in [1.54, 1.807) is 37.3 Å². The minimum Gasteiger partial charge on any atom is -0.454 e. The number of fused-ring (bicyclic) bond motifs is 1. The summed E-state index contributed by atoms with van der Waals surface area (Å²) in [6.45, 7) is 2.58. The number of para-hydroxylation sites is 1. The number of nitrogens with one attached hydrogen (secondary N) is 2. The lowest BCUT2D eigenvalue weighted by atomic mass is 10.1. The molecule has 1 unspecified atom stereocenters. The Bertz CT molecular complexity index is 1990. The monoisotopic (exact) mass is 623 g/mol. The highest BCUT2D eigenvalue weighted by Crippen LogP contribution is 2.30. The molecule has 1 saturated heterocycles.